The Morgan fingerprint density at radius 3 is 2.61 bits per heavy atom. The number of nitrogens with one attached hydrogen (secondary N) is 1. The van der Waals surface area contributed by atoms with Gasteiger partial charge in [0.05, 0.1) is 40.3 Å². The first-order valence-corrected chi connectivity index (χ1v) is 16.7. The van der Waals surface area contributed by atoms with Crippen molar-refractivity contribution in [1.29, 1.82) is 5.26 Å². The lowest BCUT2D eigenvalue weighted by Crippen LogP contribution is -2.33. The van der Waals surface area contributed by atoms with Crippen molar-refractivity contribution in [2.24, 2.45) is 4.99 Å². The van der Waals surface area contributed by atoms with Crippen LogP contribution >= 0.6 is 23.5 Å². The summed E-state index contributed by atoms with van der Waals surface area (Å²) in [6.45, 7) is 7.03. The molecule has 0 aromatic heterocycles. The lowest BCUT2D eigenvalue weighted by Gasteiger charge is -2.26. The quantitative estimate of drug-likeness (QED) is 0.254. The standard InChI is InChI=1S/C34H36N6O2S2/c1-3-36-27-14-12-25(22-35)20-28(27)37-34-40(23-24-10-6-4-7-11-24)32(41)31(44-34)33-38(2)29-21-26(13-15-30(29)43-33)42-19-18-39-16-8-5-9-17-39/h4,6-7,10-15,20-21,36H,3,5,8-9,16-19,23H2,1-2H3/b33-31-,37-34?. The van der Waals surface area contributed by atoms with E-state index >= 15 is 0 Å². The second kappa shape index (κ2) is 13.8. The summed E-state index contributed by atoms with van der Waals surface area (Å²) in [5.41, 5.74) is 4.01. The number of amidine groups is 1. The Morgan fingerprint density at radius 1 is 1.02 bits per heavy atom. The summed E-state index contributed by atoms with van der Waals surface area (Å²) in [7, 11) is 2.00. The number of benzene rings is 3. The Labute approximate surface area is 267 Å². The molecule has 0 aliphatic carbocycles. The molecule has 2 saturated heterocycles. The molecule has 44 heavy (non-hydrogen) atoms. The minimum Gasteiger partial charge on any atom is -0.492 e. The number of hydrogen-bond acceptors (Lipinski definition) is 9. The molecule has 3 heterocycles. The average Bonchev–Trinajstić information content (AvgIpc) is 3.54. The highest BCUT2D eigenvalue weighted by Crippen LogP contribution is 2.51. The van der Waals surface area contributed by atoms with Gasteiger partial charge in [0, 0.05) is 31.1 Å². The molecule has 1 amide bonds. The van der Waals surface area contributed by atoms with Crippen LogP contribution in [0.5, 0.6) is 5.75 Å². The van der Waals surface area contributed by atoms with E-state index in [9.17, 15) is 10.1 Å². The van der Waals surface area contributed by atoms with Gasteiger partial charge in [-0.05, 0) is 80.5 Å². The first-order chi connectivity index (χ1) is 21.5. The molecular formula is C34H36N6O2S2. The second-order valence-corrected chi connectivity index (χ2v) is 12.9. The fraction of sp³-hybridized carbons (Fsp3) is 0.324. The number of piperidine rings is 1. The minimum absolute atomic E-state index is 0.0841. The highest BCUT2D eigenvalue weighted by Gasteiger charge is 2.39. The number of nitrogens with zero attached hydrogens (tertiary/aromatic N) is 5. The van der Waals surface area contributed by atoms with E-state index in [-0.39, 0.29) is 5.91 Å². The molecule has 226 valence electrons. The van der Waals surface area contributed by atoms with Crippen molar-refractivity contribution in [3.8, 4) is 11.8 Å². The van der Waals surface area contributed by atoms with Crippen LogP contribution in [0.15, 0.2) is 86.6 Å². The largest absolute Gasteiger partial charge is 0.492 e. The number of aliphatic imine (C=N–C) groups is 1. The molecule has 2 fully saturated rings. The molecule has 10 heteroatoms. The number of fused-ring (bicyclic) bond motifs is 1. The fourth-order valence-corrected chi connectivity index (χ4v) is 7.87. The second-order valence-electron chi connectivity index (χ2n) is 10.9. The van der Waals surface area contributed by atoms with Crippen LogP contribution in [-0.2, 0) is 11.3 Å². The van der Waals surface area contributed by atoms with Crippen LogP contribution in [0.25, 0.3) is 0 Å². The number of thioether (sulfide) groups is 2. The lowest BCUT2D eigenvalue weighted by atomic mass is 10.1. The van der Waals surface area contributed by atoms with Crippen molar-refractivity contribution in [3.63, 3.8) is 0 Å². The summed E-state index contributed by atoms with van der Waals surface area (Å²) in [6.07, 6.45) is 3.87. The third kappa shape index (κ3) is 6.60. The van der Waals surface area contributed by atoms with Gasteiger partial charge in [-0.2, -0.15) is 5.26 Å². The molecule has 3 aromatic rings. The predicted molar refractivity (Wildman–Crippen MR) is 181 cm³/mol. The van der Waals surface area contributed by atoms with E-state index in [4.69, 9.17) is 9.73 Å². The van der Waals surface area contributed by atoms with Gasteiger partial charge >= 0.3 is 0 Å². The number of rotatable bonds is 9. The normalized spacial score (nSPS) is 19.4. The van der Waals surface area contributed by atoms with E-state index in [0.717, 1.165) is 52.2 Å². The number of carbonyl (C=O) groups excluding carboxylic acids is 1. The van der Waals surface area contributed by atoms with Crippen molar-refractivity contribution in [2.75, 3.05) is 50.1 Å². The number of nitriles is 1. The van der Waals surface area contributed by atoms with Gasteiger partial charge < -0.3 is 15.0 Å². The summed E-state index contributed by atoms with van der Waals surface area (Å²) >= 11 is 2.98. The van der Waals surface area contributed by atoms with Gasteiger partial charge in [-0.25, -0.2) is 4.99 Å². The SMILES string of the molecule is CCNc1ccc(C#N)cc1N=C1S/C(=C2\Sc3ccc(OCCN4CCCCC4)cc3N2C)C(=O)N1Cc1ccccc1. The van der Waals surface area contributed by atoms with Crippen LogP contribution in [-0.4, -0.2) is 60.7 Å². The van der Waals surface area contributed by atoms with E-state index in [1.807, 2.05) is 56.4 Å². The summed E-state index contributed by atoms with van der Waals surface area (Å²) in [5.74, 6) is 0.755. The van der Waals surface area contributed by atoms with Crippen molar-refractivity contribution < 1.29 is 9.53 Å². The molecule has 1 N–H and O–H groups in total. The highest BCUT2D eigenvalue weighted by molar-refractivity contribution is 8.19. The van der Waals surface area contributed by atoms with Crippen molar-refractivity contribution in [1.82, 2.24) is 9.80 Å². The van der Waals surface area contributed by atoms with Gasteiger partial charge in [0.2, 0.25) is 0 Å². The first-order valence-electron chi connectivity index (χ1n) is 15.1. The minimum atomic E-state index is -0.0841. The van der Waals surface area contributed by atoms with Crippen molar-refractivity contribution >= 4 is 51.7 Å². The molecule has 0 radical (unpaired) electrons. The van der Waals surface area contributed by atoms with Gasteiger partial charge in [0.15, 0.2) is 5.17 Å². The van der Waals surface area contributed by atoms with Crippen molar-refractivity contribution in [2.45, 2.75) is 37.6 Å². The van der Waals surface area contributed by atoms with Gasteiger partial charge in [-0.3, -0.25) is 14.6 Å². The predicted octanol–water partition coefficient (Wildman–Crippen LogP) is 7.03. The van der Waals surface area contributed by atoms with Crippen molar-refractivity contribution in [3.05, 3.63) is 87.8 Å². The van der Waals surface area contributed by atoms with Crippen LogP contribution in [0.4, 0.5) is 17.1 Å². The number of anilines is 2. The molecule has 6 rings (SSSR count). The van der Waals surface area contributed by atoms with E-state index in [1.165, 1.54) is 31.0 Å². The maximum Gasteiger partial charge on any atom is 0.269 e. The fourth-order valence-electron chi connectivity index (χ4n) is 5.55. The summed E-state index contributed by atoms with van der Waals surface area (Å²) in [5, 5.41) is 14.3. The highest BCUT2D eigenvalue weighted by atomic mass is 32.2. The van der Waals surface area contributed by atoms with E-state index in [2.05, 4.69) is 33.3 Å². The lowest BCUT2D eigenvalue weighted by molar-refractivity contribution is -0.122. The van der Waals surface area contributed by atoms with E-state index in [1.54, 1.807) is 28.8 Å². The Bertz CT molecular complexity index is 1630. The average molecular weight is 625 g/mol. The van der Waals surface area contributed by atoms with Crippen LogP contribution in [0.1, 0.15) is 37.3 Å². The molecule has 3 aliphatic rings. The molecule has 0 unspecified atom stereocenters. The van der Waals surface area contributed by atoms with Gasteiger partial charge in [-0.15, -0.1) is 0 Å². The number of ether oxygens (including phenoxy) is 1. The third-order valence-electron chi connectivity index (χ3n) is 7.88. The van der Waals surface area contributed by atoms with Gasteiger partial charge in [0.25, 0.3) is 5.91 Å². The number of hydrogen-bond donors (Lipinski definition) is 1. The summed E-state index contributed by atoms with van der Waals surface area (Å²) in [6, 6.07) is 23.7. The zero-order valence-electron chi connectivity index (χ0n) is 25.1. The maximum absolute atomic E-state index is 14.1. The number of likely N-dealkylation sites (tertiary alicyclic amines) is 1. The zero-order valence-corrected chi connectivity index (χ0v) is 26.7. The Balaban J connectivity index is 1.28. The number of amides is 1. The van der Waals surface area contributed by atoms with Crippen LogP contribution in [0, 0.1) is 11.3 Å². The summed E-state index contributed by atoms with van der Waals surface area (Å²) < 4.78 is 6.16. The Hall–Kier alpha value is -3.91. The molecule has 0 bridgehead atoms. The maximum atomic E-state index is 14.1. The molecule has 0 spiro atoms. The van der Waals surface area contributed by atoms with E-state index < -0.39 is 0 Å². The van der Waals surface area contributed by atoms with Gasteiger partial charge in [0.1, 0.15) is 17.3 Å². The van der Waals surface area contributed by atoms with Gasteiger partial charge in [-0.1, -0.05) is 48.5 Å². The molecule has 0 saturated carbocycles. The smallest absolute Gasteiger partial charge is 0.269 e. The first kappa shape index (κ1) is 30.1. The van der Waals surface area contributed by atoms with E-state index in [0.29, 0.717) is 41.0 Å². The Morgan fingerprint density at radius 2 is 1.84 bits per heavy atom. The number of carbonyl (C=O) groups is 1. The third-order valence-corrected chi connectivity index (χ3v) is 10.3. The molecule has 8 nitrogen and oxygen atoms in total. The molecule has 3 aliphatic heterocycles. The molecule has 3 aromatic carbocycles. The van der Waals surface area contributed by atoms with Crippen LogP contribution < -0.4 is 15.0 Å². The van der Waals surface area contributed by atoms with Crippen LogP contribution in [0.2, 0.25) is 0 Å². The van der Waals surface area contributed by atoms with Crippen LogP contribution in [0.3, 0.4) is 0 Å². The zero-order chi connectivity index (χ0) is 30.5. The topological polar surface area (TPSA) is 84.2 Å². The molecular weight excluding hydrogens is 589 g/mol. The summed E-state index contributed by atoms with van der Waals surface area (Å²) in [4.78, 5) is 27.1. The molecule has 0 atom stereocenters. The monoisotopic (exact) mass is 624 g/mol. The Kier molecular flexibility index (Phi) is 9.45.